The summed E-state index contributed by atoms with van der Waals surface area (Å²) < 4.78 is 5.35. The Kier molecular flexibility index (Phi) is 4.28. The van der Waals surface area contributed by atoms with Crippen LogP contribution in [0.1, 0.15) is 22.3 Å². The molecule has 2 aromatic rings. The summed E-state index contributed by atoms with van der Waals surface area (Å²) in [6, 6.07) is 2.17. The molecule has 0 bridgehead atoms. The van der Waals surface area contributed by atoms with Crippen molar-refractivity contribution >= 4 is 11.3 Å². The Morgan fingerprint density at radius 2 is 2.33 bits per heavy atom. The van der Waals surface area contributed by atoms with Gasteiger partial charge in [-0.1, -0.05) is 0 Å². The summed E-state index contributed by atoms with van der Waals surface area (Å²) in [5.41, 5.74) is 2.22. The van der Waals surface area contributed by atoms with Crippen molar-refractivity contribution in [3.05, 3.63) is 40.1 Å². The van der Waals surface area contributed by atoms with Crippen LogP contribution in [0.5, 0.6) is 5.75 Å². The molecular weight excluding hydrogens is 246 g/mol. The van der Waals surface area contributed by atoms with E-state index in [1.807, 2.05) is 20.0 Å². The number of nitrogens with zero attached hydrogens (tertiary/aromatic N) is 2. The molecule has 0 saturated heterocycles. The maximum absolute atomic E-state index is 5.35. The maximum atomic E-state index is 5.35. The zero-order valence-corrected chi connectivity index (χ0v) is 11.6. The Bertz CT molecular complexity index is 512. The van der Waals surface area contributed by atoms with Gasteiger partial charge >= 0.3 is 0 Å². The van der Waals surface area contributed by atoms with Crippen LogP contribution in [0.4, 0.5) is 0 Å². The topological polar surface area (TPSA) is 47.0 Å². The van der Waals surface area contributed by atoms with Gasteiger partial charge in [0.2, 0.25) is 0 Å². The molecule has 0 amide bonds. The van der Waals surface area contributed by atoms with Crippen molar-refractivity contribution < 1.29 is 4.74 Å². The molecule has 0 aromatic carbocycles. The number of hydrogen-bond donors (Lipinski definition) is 1. The van der Waals surface area contributed by atoms with Gasteiger partial charge in [0.25, 0.3) is 0 Å². The molecule has 2 aromatic heterocycles. The molecule has 4 nitrogen and oxygen atoms in total. The fraction of sp³-hybridized carbons (Fsp3) is 0.385. The first-order chi connectivity index (χ1) is 8.74. The summed E-state index contributed by atoms with van der Waals surface area (Å²) in [5, 5.41) is 6.51. The molecule has 18 heavy (non-hydrogen) atoms. The Balaban J connectivity index is 2.22. The number of thiazole rings is 1. The van der Waals surface area contributed by atoms with Crippen molar-refractivity contribution in [2.45, 2.75) is 19.4 Å². The van der Waals surface area contributed by atoms with Gasteiger partial charge in [0.05, 0.1) is 24.0 Å². The van der Waals surface area contributed by atoms with Crippen LogP contribution in [0.25, 0.3) is 0 Å². The summed E-state index contributed by atoms with van der Waals surface area (Å²) in [6.45, 7) is 2.02. The van der Waals surface area contributed by atoms with Crippen LogP contribution in [-0.2, 0) is 6.42 Å². The smallest absolute Gasteiger partial charge is 0.141 e. The predicted molar refractivity (Wildman–Crippen MR) is 73.1 cm³/mol. The number of hydrogen-bond acceptors (Lipinski definition) is 5. The predicted octanol–water partition coefficient (Wildman–Crippen LogP) is 2.36. The van der Waals surface area contributed by atoms with Crippen molar-refractivity contribution in [3.63, 3.8) is 0 Å². The van der Waals surface area contributed by atoms with Crippen molar-refractivity contribution in [2.24, 2.45) is 0 Å². The lowest BCUT2D eigenvalue weighted by Gasteiger charge is -2.18. The molecule has 96 valence electrons. The highest BCUT2D eigenvalue weighted by Crippen LogP contribution is 2.26. The van der Waals surface area contributed by atoms with Crippen LogP contribution in [0.2, 0.25) is 0 Å². The summed E-state index contributed by atoms with van der Waals surface area (Å²) >= 11 is 1.68. The van der Waals surface area contributed by atoms with Crippen LogP contribution < -0.4 is 10.1 Å². The second kappa shape index (κ2) is 5.93. The highest BCUT2D eigenvalue weighted by Gasteiger charge is 2.16. The molecule has 0 aliphatic heterocycles. The molecule has 2 rings (SSSR count). The summed E-state index contributed by atoms with van der Waals surface area (Å²) in [4.78, 5) is 8.58. The second-order valence-electron chi connectivity index (χ2n) is 4.02. The molecule has 0 aliphatic carbocycles. The Morgan fingerprint density at radius 3 is 2.94 bits per heavy atom. The third-order valence-electron chi connectivity index (χ3n) is 2.84. The minimum atomic E-state index is 0.185. The molecular formula is C13H17N3OS. The van der Waals surface area contributed by atoms with Gasteiger partial charge in [0, 0.05) is 29.6 Å². The first-order valence-electron chi connectivity index (χ1n) is 5.80. The van der Waals surface area contributed by atoms with Crippen LogP contribution in [0.3, 0.4) is 0 Å². The van der Waals surface area contributed by atoms with Crippen molar-refractivity contribution in [2.75, 3.05) is 14.2 Å². The van der Waals surface area contributed by atoms with Crippen molar-refractivity contribution in [1.29, 1.82) is 0 Å². The highest BCUT2D eigenvalue weighted by atomic mass is 32.1. The van der Waals surface area contributed by atoms with E-state index in [1.54, 1.807) is 30.8 Å². The third-order valence-corrected chi connectivity index (χ3v) is 3.66. The van der Waals surface area contributed by atoms with E-state index >= 15 is 0 Å². The SMILES string of the molecule is CNC(Cc1csc(C)n1)c1ccncc1OC. The van der Waals surface area contributed by atoms with Crippen molar-refractivity contribution in [1.82, 2.24) is 15.3 Å². The fourth-order valence-corrected chi connectivity index (χ4v) is 2.55. The Morgan fingerprint density at radius 1 is 1.50 bits per heavy atom. The number of nitrogens with one attached hydrogen (secondary N) is 1. The Labute approximate surface area is 111 Å². The van der Waals surface area contributed by atoms with Gasteiger partial charge in [-0.15, -0.1) is 11.3 Å². The zero-order chi connectivity index (χ0) is 13.0. The maximum Gasteiger partial charge on any atom is 0.141 e. The summed E-state index contributed by atoms with van der Waals surface area (Å²) in [7, 11) is 3.62. The van der Waals surface area contributed by atoms with Gasteiger partial charge in [-0.25, -0.2) is 4.98 Å². The lowest BCUT2D eigenvalue weighted by Crippen LogP contribution is -2.19. The van der Waals surface area contributed by atoms with Gasteiger partial charge in [-0.2, -0.15) is 0 Å². The van der Waals surface area contributed by atoms with Gasteiger partial charge in [0.15, 0.2) is 0 Å². The second-order valence-corrected chi connectivity index (χ2v) is 5.08. The van der Waals surface area contributed by atoms with Gasteiger partial charge in [0.1, 0.15) is 5.75 Å². The van der Waals surface area contributed by atoms with Gasteiger partial charge in [-0.3, -0.25) is 4.98 Å². The molecule has 2 heterocycles. The standard InChI is InChI=1S/C13H17N3OS/c1-9-16-10(8-18-9)6-12(14-2)11-4-5-15-7-13(11)17-3/h4-5,7-8,12,14H,6H2,1-3H3. The zero-order valence-electron chi connectivity index (χ0n) is 10.8. The normalized spacial score (nSPS) is 12.4. The average Bonchev–Trinajstić information content (AvgIpc) is 2.81. The minimum absolute atomic E-state index is 0.185. The number of rotatable bonds is 5. The van der Waals surface area contributed by atoms with Crippen molar-refractivity contribution in [3.8, 4) is 5.75 Å². The molecule has 0 fully saturated rings. The van der Waals surface area contributed by atoms with E-state index < -0.39 is 0 Å². The van der Waals surface area contributed by atoms with Crippen LogP contribution >= 0.6 is 11.3 Å². The molecule has 0 radical (unpaired) electrons. The van der Waals surface area contributed by atoms with Crippen LogP contribution in [0, 0.1) is 6.92 Å². The molecule has 1 unspecified atom stereocenters. The van der Waals surface area contributed by atoms with Gasteiger partial charge in [-0.05, 0) is 20.0 Å². The number of ether oxygens (including phenoxy) is 1. The first-order valence-corrected chi connectivity index (χ1v) is 6.68. The molecule has 1 atom stereocenters. The molecule has 0 aliphatic rings. The largest absolute Gasteiger partial charge is 0.495 e. The number of likely N-dealkylation sites (N-methyl/N-ethyl adjacent to an activating group) is 1. The lowest BCUT2D eigenvalue weighted by atomic mass is 10.0. The first kappa shape index (κ1) is 13.0. The summed E-state index contributed by atoms with van der Waals surface area (Å²) in [5.74, 6) is 0.809. The minimum Gasteiger partial charge on any atom is -0.495 e. The van der Waals surface area contributed by atoms with E-state index in [4.69, 9.17) is 4.74 Å². The van der Waals surface area contributed by atoms with E-state index in [-0.39, 0.29) is 6.04 Å². The fourth-order valence-electron chi connectivity index (χ4n) is 1.93. The van der Waals surface area contributed by atoms with E-state index in [1.165, 1.54) is 0 Å². The number of methoxy groups -OCH3 is 1. The Hall–Kier alpha value is -1.46. The molecule has 1 N–H and O–H groups in total. The van der Waals surface area contributed by atoms with E-state index in [9.17, 15) is 0 Å². The quantitative estimate of drug-likeness (QED) is 0.899. The highest BCUT2D eigenvalue weighted by molar-refractivity contribution is 7.09. The monoisotopic (exact) mass is 263 g/mol. The van der Waals surface area contributed by atoms with E-state index in [0.717, 1.165) is 28.4 Å². The van der Waals surface area contributed by atoms with E-state index in [0.29, 0.717) is 0 Å². The van der Waals surface area contributed by atoms with Crippen LogP contribution in [0.15, 0.2) is 23.8 Å². The van der Waals surface area contributed by atoms with Gasteiger partial charge < -0.3 is 10.1 Å². The van der Waals surface area contributed by atoms with Crippen LogP contribution in [-0.4, -0.2) is 24.1 Å². The lowest BCUT2D eigenvalue weighted by molar-refractivity contribution is 0.399. The summed E-state index contributed by atoms with van der Waals surface area (Å²) in [6.07, 6.45) is 4.38. The average molecular weight is 263 g/mol. The number of pyridine rings is 1. The third kappa shape index (κ3) is 2.86. The van der Waals surface area contributed by atoms with E-state index in [2.05, 4.69) is 20.7 Å². The molecule has 0 saturated carbocycles. The number of aryl methyl sites for hydroxylation is 1. The number of aromatic nitrogens is 2. The molecule has 5 heteroatoms. The molecule has 0 spiro atoms.